The van der Waals surface area contributed by atoms with Crippen molar-refractivity contribution in [3.05, 3.63) is 52.8 Å². The van der Waals surface area contributed by atoms with Gasteiger partial charge in [-0.3, -0.25) is 4.98 Å². The van der Waals surface area contributed by atoms with E-state index in [2.05, 4.69) is 35.4 Å². The summed E-state index contributed by atoms with van der Waals surface area (Å²) in [5, 5.41) is 3.40. The van der Waals surface area contributed by atoms with Crippen molar-refractivity contribution in [1.82, 2.24) is 4.98 Å². The number of ether oxygens (including phenoxy) is 1. The smallest absolute Gasteiger partial charge is 0.128 e. The molecule has 0 bridgehead atoms. The van der Waals surface area contributed by atoms with Crippen molar-refractivity contribution in [1.29, 1.82) is 0 Å². The highest BCUT2D eigenvalue weighted by molar-refractivity contribution is 5.47. The van der Waals surface area contributed by atoms with E-state index in [9.17, 15) is 0 Å². The predicted octanol–water partition coefficient (Wildman–Crippen LogP) is 3.63. The molecule has 3 heteroatoms. The van der Waals surface area contributed by atoms with Crippen molar-refractivity contribution >= 4 is 5.69 Å². The van der Waals surface area contributed by atoms with Gasteiger partial charge in [0.2, 0.25) is 0 Å². The van der Waals surface area contributed by atoms with E-state index < -0.39 is 0 Å². The van der Waals surface area contributed by atoms with Crippen molar-refractivity contribution < 1.29 is 4.74 Å². The standard InChI is InChI=1S/C16H20N2O/c1-11-6-5-7-14(8-11)17-10-15-13(3)16(19-4)12(2)9-18-15/h5-9,17H,10H2,1-4H3. The molecule has 0 saturated heterocycles. The molecule has 100 valence electrons. The van der Waals surface area contributed by atoms with Crippen LogP contribution in [0.1, 0.15) is 22.4 Å². The molecule has 0 unspecified atom stereocenters. The summed E-state index contributed by atoms with van der Waals surface area (Å²) >= 11 is 0. The fourth-order valence-corrected chi connectivity index (χ4v) is 2.19. The van der Waals surface area contributed by atoms with Crippen molar-refractivity contribution in [3.8, 4) is 5.75 Å². The largest absolute Gasteiger partial charge is 0.496 e. The van der Waals surface area contributed by atoms with Gasteiger partial charge in [-0.15, -0.1) is 0 Å². The van der Waals surface area contributed by atoms with Crippen LogP contribution in [0.3, 0.4) is 0 Å². The van der Waals surface area contributed by atoms with Gasteiger partial charge < -0.3 is 10.1 Å². The van der Waals surface area contributed by atoms with Crippen LogP contribution in [-0.4, -0.2) is 12.1 Å². The third-order valence-corrected chi connectivity index (χ3v) is 3.23. The van der Waals surface area contributed by atoms with Crippen LogP contribution in [0, 0.1) is 20.8 Å². The lowest BCUT2D eigenvalue weighted by Gasteiger charge is -2.13. The second-order valence-electron chi connectivity index (χ2n) is 4.77. The Balaban J connectivity index is 2.16. The number of nitrogens with one attached hydrogen (secondary N) is 1. The molecule has 3 nitrogen and oxygen atoms in total. The van der Waals surface area contributed by atoms with Gasteiger partial charge in [0.05, 0.1) is 19.3 Å². The molecule has 1 N–H and O–H groups in total. The molecule has 1 aromatic carbocycles. The molecule has 0 amide bonds. The van der Waals surface area contributed by atoms with E-state index in [0.717, 1.165) is 28.3 Å². The third-order valence-electron chi connectivity index (χ3n) is 3.23. The first-order valence-electron chi connectivity index (χ1n) is 6.41. The monoisotopic (exact) mass is 256 g/mol. The fourth-order valence-electron chi connectivity index (χ4n) is 2.19. The topological polar surface area (TPSA) is 34.1 Å². The molecule has 1 heterocycles. The SMILES string of the molecule is COc1c(C)cnc(CNc2cccc(C)c2)c1C. The first kappa shape index (κ1) is 13.4. The molecule has 2 rings (SSSR count). The predicted molar refractivity (Wildman–Crippen MR) is 78.8 cm³/mol. The molecule has 0 radical (unpaired) electrons. The minimum atomic E-state index is 0.700. The number of rotatable bonds is 4. The van der Waals surface area contributed by atoms with Gasteiger partial charge in [-0.05, 0) is 38.5 Å². The zero-order chi connectivity index (χ0) is 13.8. The summed E-state index contributed by atoms with van der Waals surface area (Å²) in [6, 6.07) is 8.33. The van der Waals surface area contributed by atoms with E-state index in [0.29, 0.717) is 6.54 Å². The van der Waals surface area contributed by atoms with Crippen molar-refractivity contribution in [3.63, 3.8) is 0 Å². The quantitative estimate of drug-likeness (QED) is 0.907. The Morgan fingerprint density at radius 3 is 2.68 bits per heavy atom. The Kier molecular flexibility index (Phi) is 4.05. The van der Waals surface area contributed by atoms with Crippen LogP contribution < -0.4 is 10.1 Å². The molecule has 2 aromatic rings. The summed E-state index contributed by atoms with van der Waals surface area (Å²) in [6.45, 7) is 6.85. The summed E-state index contributed by atoms with van der Waals surface area (Å²) in [7, 11) is 1.70. The molecule has 0 spiro atoms. The molecule has 0 atom stereocenters. The van der Waals surface area contributed by atoms with Gasteiger partial charge in [0.1, 0.15) is 5.75 Å². The number of anilines is 1. The van der Waals surface area contributed by atoms with Gasteiger partial charge in [-0.1, -0.05) is 12.1 Å². The molecule has 1 aromatic heterocycles. The number of aromatic nitrogens is 1. The zero-order valence-electron chi connectivity index (χ0n) is 11.9. The van der Waals surface area contributed by atoms with E-state index in [1.807, 2.05) is 26.1 Å². The van der Waals surface area contributed by atoms with Gasteiger partial charge in [0, 0.05) is 23.0 Å². The number of nitrogens with zero attached hydrogens (tertiary/aromatic N) is 1. The van der Waals surface area contributed by atoms with Gasteiger partial charge in [0.25, 0.3) is 0 Å². The zero-order valence-corrected chi connectivity index (χ0v) is 11.9. The second-order valence-corrected chi connectivity index (χ2v) is 4.77. The third kappa shape index (κ3) is 3.05. The number of pyridine rings is 1. The first-order valence-corrected chi connectivity index (χ1v) is 6.41. The Morgan fingerprint density at radius 2 is 2.00 bits per heavy atom. The highest BCUT2D eigenvalue weighted by Gasteiger charge is 2.08. The Bertz CT molecular complexity index is 579. The van der Waals surface area contributed by atoms with Gasteiger partial charge in [0.15, 0.2) is 0 Å². The molecule has 0 fully saturated rings. The highest BCUT2D eigenvalue weighted by atomic mass is 16.5. The van der Waals surface area contributed by atoms with E-state index in [1.54, 1.807) is 7.11 Å². The summed E-state index contributed by atoms with van der Waals surface area (Å²) in [5.41, 5.74) is 5.54. The molecular weight excluding hydrogens is 236 g/mol. The Labute approximate surface area is 114 Å². The van der Waals surface area contributed by atoms with E-state index in [1.165, 1.54) is 5.56 Å². The maximum atomic E-state index is 5.42. The summed E-state index contributed by atoms with van der Waals surface area (Å²) < 4.78 is 5.42. The van der Waals surface area contributed by atoms with Crippen LogP contribution in [0.2, 0.25) is 0 Å². The summed E-state index contributed by atoms with van der Waals surface area (Å²) in [5.74, 6) is 0.927. The van der Waals surface area contributed by atoms with Gasteiger partial charge in [-0.25, -0.2) is 0 Å². The minimum Gasteiger partial charge on any atom is -0.496 e. The second kappa shape index (κ2) is 5.74. The van der Waals surface area contributed by atoms with Crippen LogP contribution in [-0.2, 0) is 6.54 Å². The number of methoxy groups -OCH3 is 1. The Morgan fingerprint density at radius 1 is 1.21 bits per heavy atom. The minimum absolute atomic E-state index is 0.700. The lowest BCUT2D eigenvalue weighted by atomic mass is 10.1. The maximum Gasteiger partial charge on any atom is 0.128 e. The number of hydrogen-bond acceptors (Lipinski definition) is 3. The van der Waals surface area contributed by atoms with E-state index in [-0.39, 0.29) is 0 Å². The highest BCUT2D eigenvalue weighted by Crippen LogP contribution is 2.24. The average molecular weight is 256 g/mol. The van der Waals surface area contributed by atoms with Crippen LogP contribution in [0.5, 0.6) is 5.75 Å². The molecule has 0 aliphatic rings. The molecule has 19 heavy (non-hydrogen) atoms. The molecule has 0 aliphatic heterocycles. The van der Waals surface area contributed by atoms with Crippen LogP contribution in [0.15, 0.2) is 30.5 Å². The summed E-state index contributed by atoms with van der Waals surface area (Å²) in [6.07, 6.45) is 1.86. The van der Waals surface area contributed by atoms with E-state index in [4.69, 9.17) is 4.74 Å². The molecular formula is C16H20N2O. The van der Waals surface area contributed by atoms with Gasteiger partial charge in [-0.2, -0.15) is 0 Å². The first-order chi connectivity index (χ1) is 9.11. The summed E-state index contributed by atoms with van der Waals surface area (Å²) in [4.78, 5) is 4.48. The molecule has 0 aliphatic carbocycles. The maximum absolute atomic E-state index is 5.42. The van der Waals surface area contributed by atoms with Gasteiger partial charge >= 0.3 is 0 Å². The normalized spacial score (nSPS) is 10.3. The number of hydrogen-bond donors (Lipinski definition) is 1. The fraction of sp³-hybridized carbons (Fsp3) is 0.312. The Hall–Kier alpha value is -2.03. The lowest BCUT2D eigenvalue weighted by Crippen LogP contribution is -2.06. The lowest BCUT2D eigenvalue weighted by molar-refractivity contribution is 0.407. The molecule has 0 saturated carbocycles. The number of benzene rings is 1. The van der Waals surface area contributed by atoms with Crippen LogP contribution >= 0.6 is 0 Å². The van der Waals surface area contributed by atoms with E-state index >= 15 is 0 Å². The average Bonchev–Trinajstić information content (AvgIpc) is 2.38. The van der Waals surface area contributed by atoms with Crippen molar-refractivity contribution in [2.45, 2.75) is 27.3 Å². The number of aryl methyl sites for hydroxylation is 2. The van der Waals surface area contributed by atoms with Crippen LogP contribution in [0.25, 0.3) is 0 Å². The van der Waals surface area contributed by atoms with Crippen molar-refractivity contribution in [2.24, 2.45) is 0 Å². The van der Waals surface area contributed by atoms with Crippen molar-refractivity contribution in [2.75, 3.05) is 12.4 Å². The van der Waals surface area contributed by atoms with Crippen LogP contribution in [0.4, 0.5) is 5.69 Å².